The van der Waals surface area contributed by atoms with Crippen LogP contribution in [0.4, 0.5) is 4.79 Å². The molecule has 0 aliphatic heterocycles. The molecule has 0 bridgehead atoms. The van der Waals surface area contributed by atoms with Crippen LogP contribution >= 0.6 is 0 Å². The lowest BCUT2D eigenvalue weighted by Gasteiger charge is -2.19. The molecule has 3 rings (SSSR count). The fourth-order valence-electron chi connectivity index (χ4n) is 3.07. The smallest absolute Gasteiger partial charge is 0.407 e. The molecule has 1 aromatic heterocycles. The van der Waals surface area contributed by atoms with Crippen LogP contribution in [0.5, 0.6) is 11.5 Å². The first-order valence-electron chi connectivity index (χ1n) is 10.8. The number of hydrogen-bond acceptors (Lipinski definition) is 5. The second kappa shape index (κ2) is 10.3. The third-order valence-electron chi connectivity index (χ3n) is 4.65. The van der Waals surface area contributed by atoms with Gasteiger partial charge in [-0.15, -0.1) is 0 Å². The van der Waals surface area contributed by atoms with Gasteiger partial charge in [-0.05, 0) is 81.8 Å². The van der Waals surface area contributed by atoms with Crippen LogP contribution < -0.4 is 14.8 Å². The molecule has 0 saturated carbocycles. The van der Waals surface area contributed by atoms with Gasteiger partial charge in [-0.3, -0.25) is 4.57 Å². The summed E-state index contributed by atoms with van der Waals surface area (Å²) in [6, 6.07) is 15.5. The number of ether oxygens (including phenoxy) is 3. The summed E-state index contributed by atoms with van der Waals surface area (Å²) in [6.45, 7) is 12.1. The Hall–Kier alpha value is -3.74. The number of aromatic nitrogens is 2. The van der Waals surface area contributed by atoms with Crippen molar-refractivity contribution in [1.29, 1.82) is 0 Å². The number of alkyl carbamates (subject to hydrolysis) is 1. The zero-order valence-corrected chi connectivity index (χ0v) is 19.8. The lowest BCUT2D eigenvalue weighted by molar-refractivity contribution is 0.0520. The molecule has 2 aromatic carbocycles. The summed E-state index contributed by atoms with van der Waals surface area (Å²) in [6.07, 6.45) is 1.52. The number of methoxy groups -OCH3 is 1. The molecule has 0 atom stereocenters. The standard InChI is InChI=1S/C26H31N3O4/c1-18(2)23-17-29(24(28-23)19-7-11-21(31-6)12-8-19)20-9-13-22(14-10-20)32-16-15-27-25(30)33-26(3,4)5/h7-14,17H,1,15-16H2,2-6H3,(H,27,30). The normalized spacial score (nSPS) is 11.1. The van der Waals surface area contributed by atoms with Crippen LogP contribution in [0.2, 0.25) is 0 Å². The Bertz CT molecular complexity index is 1090. The summed E-state index contributed by atoms with van der Waals surface area (Å²) >= 11 is 0. The van der Waals surface area contributed by atoms with E-state index >= 15 is 0 Å². The first-order valence-corrected chi connectivity index (χ1v) is 10.8. The van der Waals surface area contributed by atoms with Crippen LogP contribution in [0.1, 0.15) is 33.4 Å². The number of nitrogens with one attached hydrogen (secondary N) is 1. The number of benzene rings is 2. The third-order valence-corrected chi connectivity index (χ3v) is 4.65. The van der Waals surface area contributed by atoms with Gasteiger partial charge in [0, 0.05) is 17.4 Å². The maximum Gasteiger partial charge on any atom is 0.407 e. The van der Waals surface area contributed by atoms with Crippen molar-refractivity contribution >= 4 is 11.7 Å². The Morgan fingerprint density at radius 2 is 1.70 bits per heavy atom. The molecule has 33 heavy (non-hydrogen) atoms. The van der Waals surface area contributed by atoms with Crippen LogP contribution in [0.25, 0.3) is 22.6 Å². The number of carbonyl (C=O) groups excluding carboxylic acids is 1. The topological polar surface area (TPSA) is 74.6 Å². The summed E-state index contributed by atoms with van der Waals surface area (Å²) in [5, 5.41) is 2.68. The molecule has 1 heterocycles. The molecule has 0 radical (unpaired) electrons. The lowest BCUT2D eigenvalue weighted by atomic mass is 10.2. The van der Waals surface area contributed by atoms with E-state index in [1.807, 2.05) is 87.0 Å². The van der Waals surface area contributed by atoms with Gasteiger partial charge in [0.1, 0.15) is 29.5 Å². The van der Waals surface area contributed by atoms with Crippen LogP contribution in [-0.4, -0.2) is 41.5 Å². The predicted octanol–water partition coefficient (Wildman–Crippen LogP) is 5.48. The number of nitrogens with zero attached hydrogens (tertiary/aromatic N) is 2. The van der Waals surface area contributed by atoms with E-state index < -0.39 is 11.7 Å². The molecule has 7 nitrogen and oxygen atoms in total. The van der Waals surface area contributed by atoms with Gasteiger partial charge in [0.15, 0.2) is 0 Å². The van der Waals surface area contributed by atoms with Crippen molar-refractivity contribution in [2.24, 2.45) is 0 Å². The first kappa shape index (κ1) is 23.9. The molecule has 0 aliphatic rings. The Kier molecular flexibility index (Phi) is 7.43. The second-order valence-electron chi connectivity index (χ2n) is 8.60. The predicted molar refractivity (Wildman–Crippen MR) is 130 cm³/mol. The minimum atomic E-state index is -0.525. The lowest BCUT2D eigenvalue weighted by Crippen LogP contribution is -2.34. The SMILES string of the molecule is C=C(C)c1cn(-c2ccc(OCCNC(=O)OC(C)(C)C)cc2)c(-c2ccc(OC)cc2)n1. The quantitative estimate of drug-likeness (QED) is 0.461. The molecule has 0 fully saturated rings. The van der Waals surface area contributed by atoms with Crippen LogP contribution in [0.15, 0.2) is 61.3 Å². The summed E-state index contributed by atoms with van der Waals surface area (Å²) in [5.41, 5.74) is 3.11. The van der Waals surface area contributed by atoms with Crippen molar-refractivity contribution in [3.8, 4) is 28.6 Å². The maximum absolute atomic E-state index is 11.7. The van der Waals surface area contributed by atoms with Crippen molar-refractivity contribution in [3.05, 3.63) is 67.0 Å². The average molecular weight is 450 g/mol. The molecule has 0 saturated heterocycles. The number of rotatable bonds is 8. The number of amides is 1. The van der Waals surface area contributed by atoms with Crippen molar-refractivity contribution in [2.75, 3.05) is 20.3 Å². The zero-order valence-electron chi connectivity index (χ0n) is 19.8. The fraction of sp³-hybridized carbons (Fsp3) is 0.308. The number of hydrogen-bond donors (Lipinski definition) is 1. The van der Waals surface area contributed by atoms with Crippen LogP contribution in [0, 0.1) is 0 Å². The highest BCUT2D eigenvalue weighted by Crippen LogP contribution is 2.27. The van der Waals surface area contributed by atoms with E-state index in [1.54, 1.807) is 7.11 Å². The van der Waals surface area contributed by atoms with E-state index in [1.165, 1.54) is 0 Å². The monoisotopic (exact) mass is 449 g/mol. The minimum absolute atomic E-state index is 0.334. The molecule has 1 N–H and O–H groups in total. The molecule has 7 heteroatoms. The number of allylic oxidation sites excluding steroid dienone is 1. The van der Waals surface area contributed by atoms with Crippen molar-refractivity contribution in [1.82, 2.24) is 14.9 Å². The number of imidazole rings is 1. The largest absolute Gasteiger partial charge is 0.497 e. The second-order valence-corrected chi connectivity index (χ2v) is 8.60. The highest BCUT2D eigenvalue weighted by Gasteiger charge is 2.16. The van der Waals surface area contributed by atoms with Gasteiger partial charge >= 0.3 is 6.09 Å². The maximum atomic E-state index is 11.7. The van der Waals surface area contributed by atoms with E-state index in [4.69, 9.17) is 19.2 Å². The molecular weight excluding hydrogens is 418 g/mol. The first-order chi connectivity index (χ1) is 15.7. The molecule has 0 aliphatic carbocycles. The van der Waals surface area contributed by atoms with Crippen molar-refractivity contribution < 1.29 is 19.0 Å². The van der Waals surface area contributed by atoms with Gasteiger partial charge in [0.2, 0.25) is 0 Å². The van der Waals surface area contributed by atoms with Gasteiger partial charge < -0.3 is 19.5 Å². The highest BCUT2D eigenvalue weighted by atomic mass is 16.6. The molecule has 3 aromatic rings. The zero-order chi connectivity index (χ0) is 24.0. The molecular formula is C26H31N3O4. The molecule has 0 spiro atoms. The Balaban J connectivity index is 1.69. The Morgan fingerprint density at radius 1 is 1.06 bits per heavy atom. The van der Waals surface area contributed by atoms with Crippen molar-refractivity contribution in [2.45, 2.75) is 33.3 Å². The van der Waals surface area contributed by atoms with Gasteiger partial charge in [-0.2, -0.15) is 0 Å². The van der Waals surface area contributed by atoms with E-state index in [0.29, 0.717) is 18.9 Å². The third kappa shape index (κ3) is 6.62. The fourth-order valence-corrected chi connectivity index (χ4v) is 3.07. The molecule has 174 valence electrons. The number of carbonyl (C=O) groups is 1. The van der Waals surface area contributed by atoms with Gasteiger partial charge in [-0.1, -0.05) is 6.58 Å². The summed E-state index contributed by atoms with van der Waals surface area (Å²) in [5.74, 6) is 2.31. The Labute approximate surface area is 195 Å². The van der Waals surface area contributed by atoms with Crippen LogP contribution in [0.3, 0.4) is 0 Å². The average Bonchev–Trinajstić information content (AvgIpc) is 3.22. The van der Waals surface area contributed by atoms with Gasteiger partial charge in [-0.25, -0.2) is 9.78 Å². The Morgan fingerprint density at radius 3 is 2.27 bits per heavy atom. The van der Waals surface area contributed by atoms with E-state index in [9.17, 15) is 4.79 Å². The molecule has 1 amide bonds. The summed E-state index contributed by atoms with van der Waals surface area (Å²) < 4.78 is 18.2. The summed E-state index contributed by atoms with van der Waals surface area (Å²) in [4.78, 5) is 16.5. The van der Waals surface area contributed by atoms with E-state index in [-0.39, 0.29) is 0 Å². The summed E-state index contributed by atoms with van der Waals surface area (Å²) in [7, 11) is 1.65. The van der Waals surface area contributed by atoms with Gasteiger partial charge in [0.25, 0.3) is 0 Å². The molecule has 0 unspecified atom stereocenters. The van der Waals surface area contributed by atoms with Gasteiger partial charge in [0.05, 0.1) is 19.3 Å². The van der Waals surface area contributed by atoms with E-state index in [2.05, 4.69) is 11.9 Å². The van der Waals surface area contributed by atoms with Crippen LogP contribution in [-0.2, 0) is 4.74 Å². The highest BCUT2D eigenvalue weighted by molar-refractivity contribution is 5.67. The minimum Gasteiger partial charge on any atom is -0.497 e. The van der Waals surface area contributed by atoms with Crippen molar-refractivity contribution in [3.63, 3.8) is 0 Å². The van der Waals surface area contributed by atoms with E-state index in [0.717, 1.165) is 34.1 Å².